The van der Waals surface area contributed by atoms with E-state index in [2.05, 4.69) is 20.1 Å². The molecular weight excluding hydrogens is 534 g/mol. The van der Waals surface area contributed by atoms with Crippen LogP contribution < -0.4 is 0 Å². The number of carbonyl (C=O) groups excluding carboxylic acids is 3. The summed E-state index contributed by atoms with van der Waals surface area (Å²) in [5.41, 5.74) is 1.02. The minimum atomic E-state index is -0.714. The van der Waals surface area contributed by atoms with Crippen LogP contribution in [-0.2, 0) is 20.9 Å². The Bertz CT molecular complexity index is 1150. The third kappa shape index (κ3) is 5.05. The van der Waals surface area contributed by atoms with Gasteiger partial charge in [-0.15, -0.1) is 24.9 Å². The average Bonchev–Trinajstić information content (AvgIpc) is 3.59. The Balaban J connectivity index is 1.53. The average molecular weight is 580 g/mol. The van der Waals surface area contributed by atoms with Crippen LogP contribution in [0.1, 0.15) is 57.9 Å². The van der Waals surface area contributed by atoms with Crippen molar-refractivity contribution in [3.05, 3.63) is 61.2 Å². The van der Waals surface area contributed by atoms with Crippen LogP contribution in [0.5, 0.6) is 0 Å². The molecule has 0 aromatic heterocycles. The zero-order valence-corrected chi connectivity index (χ0v) is 25.3. The fourth-order valence-corrected chi connectivity index (χ4v) is 10.5. The highest BCUT2D eigenvalue weighted by Gasteiger charge is 2.76. The summed E-state index contributed by atoms with van der Waals surface area (Å²) in [5.74, 6) is -1.28. The standard InChI is InChI=1S/C33H45N3O4S/c1-5-17-34(20-24-13-9-7-10-14-24)30(38)27-26-19-22(3)33(41-26)28(27)31(39)36(23(4)21-37)29(33)32(40)35(18-6-2)25-15-11-8-12-16-25/h5-7,9-10,13-14,22-23,25-29,37H,1-2,8,11-12,15-21H2,3-4H3/t22?,23-,26-,27+,28+,29?,33?/m1/s1. The van der Waals surface area contributed by atoms with Crippen molar-refractivity contribution in [1.82, 2.24) is 14.7 Å². The first-order chi connectivity index (χ1) is 19.8. The molecule has 7 atom stereocenters. The molecule has 3 saturated heterocycles. The van der Waals surface area contributed by atoms with E-state index in [4.69, 9.17) is 0 Å². The van der Waals surface area contributed by atoms with Gasteiger partial charge in [0.15, 0.2) is 0 Å². The van der Waals surface area contributed by atoms with E-state index in [0.29, 0.717) is 19.6 Å². The van der Waals surface area contributed by atoms with Gasteiger partial charge in [0.05, 0.1) is 29.2 Å². The summed E-state index contributed by atoms with van der Waals surface area (Å²) in [7, 11) is 0. The molecule has 3 aliphatic heterocycles. The van der Waals surface area contributed by atoms with Crippen molar-refractivity contribution in [2.24, 2.45) is 17.8 Å². The molecule has 5 rings (SSSR count). The second kappa shape index (κ2) is 12.3. The van der Waals surface area contributed by atoms with Gasteiger partial charge in [-0.05, 0) is 37.7 Å². The van der Waals surface area contributed by atoms with Crippen molar-refractivity contribution in [1.29, 1.82) is 0 Å². The minimum absolute atomic E-state index is 0.0287. The highest BCUT2D eigenvalue weighted by Crippen LogP contribution is 2.69. The fraction of sp³-hybridized carbons (Fsp3) is 0.606. The topological polar surface area (TPSA) is 81.2 Å². The molecule has 7 nitrogen and oxygen atoms in total. The summed E-state index contributed by atoms with van der Waals surface area (Å²) in [6.45, 7) is 12.8. The molecule has 3 unspecified atom stereocenters. The van der Waals surface area contributed by atoms with Crippen LogP contribution in [0.15, 0.2) is 55.6 Å². The maximum Gasteiger partial charge on any atom is 0.247 e. The Morgan fingerprint density at radius 3 is 2.44 bits per heavy atom. The summed E-state index contributed by atoms with van der Waals surface area (Å²) in [6, 6.07) is 8.76. The smallest absolute Gasteiger partial charge is 0.247 e. The predicted octanol–water partition coefficient (Wildman–Crippen LogP) is 4.27. The normalized spacial score (nSPS) is 31.5. The van der Waals surface area contributed by atoms with E-state index in [-0.39, 0.29) is 41.5 Å². The first-order valence-corrected chi connectivity index (χ1v) is 16.1. The Hall–Kier alpha value is -2.58. The minimum Gasteiger partial charge on any atom is -0.394 e. The molecule has 3 heterocycles. The van der Waals surface area contributed by atoms with Crippen LogP contribution in [0.25, 0.3) is 0 Å². The van der Waals surface area contributed by atoms with Gasteiger partial charge in [0.2, 0.25) is 17.7 Å². The van der Waals surface area contributed by atoms with Crippen LogP contribution in [0.4, 0.5) is 0 Å². The molecule has 8 heteroatoms. The summed E-state index contributed by atoms with van der Waals surface area (Å²) in [4.78, 5) is 49.0. The molecule has 1 spiro atoms. The molecule has 4 aliphatic rings. The number of fused-ring (bicyclic) bond motifs is 1. The van der Waals surface area contributed by atoms with Gasteiger partial charge in [-0.25, -0.2) is 0 Å². The van der Waals surface area contributed by atoms with E-state index in [1.165, 1.54) is 6.42 Å². The number of aliphatic hydroxyl groups excluding tert-OH is 1. The van der Waals surface area contributed by atoms with Gasteiger partial charge < -0.3 is 19.8 Å². The number of likely N-dealkylation sites (tertiary alicyclic amines) is 1. The van der Waals surface area contributed by atoms with E-state index >= 15 is 0 Å². The highest BCUT2D eigenvalue weighted by atomic mass is 32.2. The lowest BCUT2D eigenvalue weighted by Gasteiger charge is -2.44. The number of benzene rings is 1. The monoisotopic (exact) mass is 579 g/mol. The molecule has 3 amide bonds. The highest BCUT2D eigenvalue weighted by molar-refractivity contribution is 8.02. The van der Waals surface area contributed by atoms with Crippen LogP contribution in [0.2, 0.25) is 0 Å². The molecule has 1 aromatic rings. The van der Waals surface area contributed by atoms with E-state index in [1.54, 1.807) is 33.7 Å². The molecular formula is C33H45N3O4S. The maximum atomic E-state index is 14.7. The first kappa shape index (κ1) is 29.9. The van der Waals surface area contributed by atoms with E-state index in [1.807, 2.05) is 42.2 Å². The quantitative estimate of drug-likeness (QED) is 0.396. The number of thioether (sulfide) groups is 1. The van der Waals surface area contributed by atoms with Gasteiger partial charge in [0.25, 0.3) is 0 Å². The molecule has 1 saturated carbocycles. The van der Waals surface area contributed by atoms with Crippen LogP contribution in [0.3, 0.4) is 0 Å². The van der Waals surface area contributed by atoms with Gasteiger partial charge in [-0.2, -0.15) is 0 Å². The zero-order chi connectivity index (χ0) is 29.3. The van der Waals surface area contributed by atoms with Crippen LogP contribution in [0, 0.1) is 17.8 Å². The van der Waals surface area contributed by atoms with Gasteiger partial charge >= 0.3 is 0 Å². The van der Waals surface area contributed by atoms with Gasteiger partial charge in [-0.3, -0.25) is 14.4 Å². The summed E-state index contributed by atoms with van der Waals surface area (Å²) >= 11 is 1.70. The van der Waals surface area contributed by atoms with E-state index in [0.717, 1.165) is 37.7 Å². The summed E-state index contributed by atoms with van der Waals surface area (Å²) in [6.07, 6.45) is 9.56. The van der Waals surface area contributed by atoms with Gasteiger partial charge in [-0.1, -0.05) is 68.7 Å². The molecule has 4 fully saturated rings. The predicted molar refractivity (Wildman–Crippen MR) is 163 cm³/mol. The maximum absolute atomic E-state index is 14.7. The van der Waals surface area contributed by atoms with Gasteiger partial charge in [0.1, 0.15) is 6.04 Å². The Labute approximate surface area is 249 Å². The lowest BCUT2D eigenvalue weighted by molar-refractivity contribution is -0.147. The van der Waals surface area contributed by atoms with E-state index in [9.17, 15) is 19.5 Å². The molecule has 1 aliphatic carbocycles. The SMILES string of the molecule is C=CCN(Cc1ccccc1)C(=O)[C@@H]1[C@H]2C(=O)N([C@H](C)CO)C(C(=O)N(CC=C)C3CCCCC3)C23S[C@@H]1CC3C. The third-order valence-electron chi connectivity index (χ3n) is 9.94. The van der Waals surface area contributed by atoms with Crippen molar-refractivity contribution in [3.63, 3.8) is 0 Å². The number of amides is 3. The van der Waals surface area contributed by atoms with Crippen molar-refractivity contribution < 1.29 is 19.5 Å². The third-order valence-corrected chi connectivity index (χ3v) is 12.0. The Morgan fingerprint density at radius 2 is 1.80 bits per heavy atom. The second-order valence-corrected chi connectivity index (χ2v) is 13.9. The zero-order valence-electron chi connectivity index (χ0n) is 24.5. The molecule has 2 bridgehead atoms. The number of carbonyl (C=O) groups is 3. The summed E-state index contributed by atoms with van der Waals surface area (Å²) in [5, 5.41) is 10.2. The van der Waals surface area contributed by atoms with Crippen molar-refractivity contribution in [2.75, 3.05) is 19.7 Å². The molecule has 1 N–H and O–H groups in total. The van der Waals surface area contributed by atoms with Crippen molar-refractivity contribution in [2.45, 2.75) is 87.0 Å². The molecule has 0 radical (unpaired) electrons. The lowest BCUT2D eigenvalue weighted by atomic mass is 9.65. The number of hydrogen-bond donors (Lipinski definition) is 1. The lowest BCUT2D eigenvalue weighted by Crippen LogP contribution is -2.60. The number of hydrogen-bond acceptors (Lipinski definition) is 5. The second-order valence-electron chi connectivity index (χ2n) is 12.4. The van der Waals surface area contributed by atoms with E-state index < -0.39 is 28.7 Å². The Kier molecular flexibility index (Phi) is 9.00. The van der Waals surface area contributed by atoms with Crippen LogP contribution in [-0.4, -0.2) is 85.3 Å². The first-order valence-electron chi connectivity index (χ1n) is 15.3. The number of nitrogens with zero attached hydrogens (tertiary/aromatic N) is 3. The largest absolute Gasteiger partial charge is 0.394 e. The Morgan fingerprint density at radius 1 is 1.12 bits per heavy atom. The molecule has 1 aromatic carbocycles. The fourth-order valence-electron chi connectivity index (χ4n) is 8.09. The van der Waals surface area contributed by atoms with Gasteiger partial charge in [0, 0.05) is 30.9 Å². The number of rotatable bonds is 11. The molecule has 222 valence electrons. The number of aliphatic hydroxyl groups is 1. The van der Waals surface area contributed by atoms with Crippen LogP contribution >= 0.6 is 11.8 Å². The van der Waals surface area contributed by atoms with Crippen molar-refractivity contribution >= 4 is 29.5 Å². The van der Waals surface area contributed by atoms with Crippen molar-refractivity contribution in [3.8, 4) is 0 Å². The molecule has 41 heavy (non-hydrogen) atoms. The summed E-state index contributed by atoms with van der Waals surface area (Å²) < 4.78 is -0.705.